The van der Waals surface area contributed by atoms with Crippen LogP contribution in [0.15, 0.2) is 76.0 Å². The molecule has 0 aliphatic carbocycles. The fourth-order valence-corrected chi connectivity index (χ4v) is 4.46. The first kappa shape index (κ1) is 20.4. The third-order valence-electron chi connectivity index (χ3n) is 5.70. The van der Waals surface area contributed by atoms with Crippen molar-refractivity contribution in [1.82, 2.24) is 9.55 Å². The molecule has 0 spiro atoms. The van der Waals surface area contributed by atoms with Gasteiger partial charge in [-0.1, -0.05) is 45.8 Å². The summed E-state index contributed by atoms with van der Waals surface area (Å²) in [5.41, 5.74) is 4.43. The molecule has 0 radical (unpaired) electrons. The maximum atomic E-state index is 13.5. The Morgan fingerprint density at radius 2 is 1.75 bits per heavy atom. The molecular formula is C26H20BrN3O2. The standard InChI is InChI=1S/C26H20BrN3O2/c1-3-29-23-13-10-17(27)14-20(23)21(25(29)31)15-24-28-22-7-5-4-6-19(22)26(32)30(24)18-11-8-16(2)9-12-18/h4-15H,3H2,1-2H3. The van der Waals surface area contributed by atoms with E-state index in [1.54, 1.807) is 21.6 Å². The van der Waals surface area contributed by atoms with Crippen molar-refractivity contribution < 1.29 is 4.79 Å². The van der Waals surface area contributed by atoms with E-state index in [9.17, 15) is 9.59 Å². The second-order valence-electron chi connectivity index (χ2n) is 7.73. The molecular weight excluding hydrogens is 466 g/mol. The van der Waals surface area contributed by atoms with E-state index < -0.39 is 0 Å². The largest absolute Gasteiger partial charge is 0.308 e. The number of hydrogen-bond donors (Lipinski definition) is 0. The first-order chi connectivity index (χ1) is 15.5. The molecule has 0 N–H and O–H groups in total. The Balaban J connectivity index is 1.82. The number of benzene rings is 3. The first-order valence-corrected chi connectivity index (χ1v) is 11.2. The molecule has 158 valence electrons. The molecule has 5 nitrogen and oxygen atoms in total. The summed E-state index contributed by atoms with van der Waals surface area (Å²) in [5, 5.41) is 0.534. The van der Waals surface area contributed by atoms with E-state index in [0.29, 0.717) is 34.5 Å². The molecule has 0 saturated heterocycles. The van der Waals surface area contributed by atoms with Crippen molar-refractivity contribution in [3.05, 3.63) is 98.5 Å². The molecule has 4 aromatic rings. The van der Waals surface area contributed by atoms with Gasteiger partial charge in [0.2, 0.25) is 0 Å². The number of likely N-dealkylation sites (N-methyl/N-ethyl adjacent to an activating group) is 1. The minimum absolute atomic E-state index is 0.0986. The van der Waals surface area contributed by atoms with Crippen molar-refractivity contribution >= 4 is 50.1 Å². The van der Waals surface area contributed by atoms with Crippen LogP contribution in [0.4, 0.5) is 5.69 Å². The number of aromatic nitrogens is 2. The van der Waals surface area contributed by atoms with Crippen molar-refractivity contribution in [2.75, 3.05) is 11.4 Å². The Bertz CT molecular complexity index is 1470. The topological polar surface area (TPSA) is 55.2 Å². The van der Waals surface area contributed by atoms with Gasteiger partial charge in [-0.15, -0.1) is 0 Å². The molecule has 0 unspecified atom stereocenters. The van der Waals surface area contributed by atoms with E-state index in [1.807, 2.05) is 74.5 Å². The number of hydrogen-bond acceptors (Lipinski definition) is 3. The predicted octanol–water partition coefficient (Wildman–Crippen LogP) is 5.36. The van der Waals surface area contributed by atoms with E-state index in [-0.39, 0.29) is 11.5 Å². The van der Waals surface area contributed by atoms with Gasteiger partial charge in [-0.05, 0) is 62.4 Å². The molecule has 0 bridgehead atoms. The van der Waals surface area contributed by atoms with Crippen molar-refractivity contribution in [2.45, 2.75) is 13.8 Å². The number of para-hydroxylation sites is 1. The summed E-state index contributed by atoms with van der Waals surface area (Å²) in [7, 11) is 0. The molecule has 1 aromatic heterocycles. The van der Waals surface area contributed by atoms with Crippen molar-refractivity contribution in [1.29, 1.82) is 0 Å². The third kappa shape index (κ3) is 3.28. The van der Waals surface area contributed by atoms with Gasteiger partial charge in [0.05, 0.1) is 27.9 Å². The first-order valence-electron chi connectivity index (χ1n) is 10.4. The van der Waals surface area contributed by atoms with Crippen molar-refractivity contribution in [3.8, 4) is 5.69 Å². The van der Waals surface area contributed by atoms with E-state index in [2.05, 4.69) is 15.9 Å². The Hall–Kier alpha value is -3.51. The highest BCUT2D eigenvalue weighted by Crippen LogP contribution is 2.39. The van der Waals surface area contributed by atoms with Crippen LogP contribution in [-0.4, -0.2) is 22.0 Å². The third-order valence-corrected chi connectivity index (χ3v) is 6.19. The van der Waals surface area contributed by atoms with Gasteiger partial charge in [-0.25, -0.2) is 4.98 Å². The molecule has 0 fully saturated rings. The van der Waals surface area contributed by atoms with Crippen LogP contribution in [0.2, 0.25) is 0 Å². The van der Waals surface area contributed by atoms with Gasteiger partial charge in [-0.2, -0.15) is 0 Å². The molecule has 1 amide bonds. The Morgan fingerprint density at radius 3 is 2.50 bits per heavy atom. The molecule has 0 atom stereocenters. The fraction of sp³-hybridized carbons (Fsp3) is 0.115. The molecule has 1 aliphatic rings. The van der Waals surface area contributed by atoms with Crippen LogP contribution >= 0.6 is 15.9 Å². The maximum absolute atomic E-state index is 13.5. The van der Waals surface area contributed by atoms with Crippen LogP contribution in [-0.2, 0) is 4.79 Å². The van der Waals surface area contributed by atoms with Crippen LogP contribution in [0, 0.1) is 6.92 Å². The van der Waals surface area contributed by atoms with Gasteiger partial charge >= 0.3 is 0 Å². The van der Waals surface area contributed by atoms with Crippen LogP contribution < -0.4 is 10.5 Å². The zero-order valence-corrected chi connectivity index (χ0v) is 19.3. The van der Waals surface area contributed by atoms with E-state index in [4.69, 9.17) is 4.98 Å². The highest BCUT2D eigenvalue weighted by Gasteiger charge is 2.32. The lowest BCUT2D eigenvalue weighted by Gasteiger charge is -2.14. The molecule has 32 heavy (non-hydrogen) atoms. The zero-order valence-electron chi connectivity index (χ0n) is 17.7. The van der Waals surface area contributed by atoms with E-state index in [0.717, 1.165) is 21.3 Å². The highest BCUT2D eigenvalue weighted by atomic mass is 79.9. The van der Waals surface area contributed by atoms with E-state index >= 15 is 0 Å². The maximum Gasteiger partial charge on any atom is 0.266 e. The van der Waals surface area contributed by atoms with Gasteiger partial charge in [0, 0.05) is 16.6 Å². The molecule has 3 aromatic carbocycles. The van der Waals surface area contributed by atoms with Gasteiger partial charge in [-0.3, -0.25) is 14.2 Å². The Labute approximate surface area is 193 Å². The summed E-state index contributed by atoms with van der Waals surface area (Å²) in [6.07, 6.45) is 1.73. The van der Waals surface area contributed by atoms with Crippen LogP contribution in [0.5, 0.6) is 0 Å². The number of amides is 1. The summed E-state index contributed by atoms with van der Waals surface area (Å²) >= 11 is 3.51. The van der Waals surface area contributed by atoms with Gasteiger partial charge in [0.25, 0.3) is 11.5 Å². The fourth-order valence-electron chi connectivity index (χ4n) is 4.10. The van der Waals surface area contributed by atoms with Crippen LogP contribution in [0.25, 0.3) is 28.2 Å². The lowest BCUT2D eigenvalue weighted by Crippen LogP contribution is -2.26. The number of fused-ring (bicyclic) bond motifs is 2. The Kier molecular flexibility index (Phi) is 5.02. The van der Waals surface area contributed by atoms with Crippen molar-refractivity contribution in [3.63, 3.8) is 0 Å². The van der Waals surface area contributed by atoms with Crippen LogP contribution in [0.3, 0.4) is 0 Å². The minimum atomic E-state index is -0.168. The predicted molar refractivity (Wildman–Crippen MR) is 132 cm³/mol. The second kappa shape index (κ2) is 7.88. The molecule has 6 heteroatoms. The number of carbonyl (C=O) groups is 1. The Morgan fingerprint density at radius 1 is 1.00 bits per heavy atom. The number of halogens is 1. The number of anilines is 1. The number of aryl methyl sites for hydroxylation is 1. The minimum Gasteiger partial charge on any atom is -0.308 e. The highest BCUT2D eigenvalue weighted by molar-refractivity contribution is 9.10. The number of nitrogens with zero attached hydrogens (tertiary/aromatic N) is 3. The summed E-state index contributed by atoms with van der Waals surface area (Å²) < 4.78 is 2.46. The van der Waals surface area contributed by atoms with Gasteiger partial charge < -0.3 is 4.90 Å². The summed E-state index contributed by atoms with van der Waals surface area (Å²) in [6.45, 7) is 4.50. The molecule has 2 heterocycles. The zero-order chi connectivity index (χ0) is 22.4. The second-order valence-corrected chi connectivity index (χ2v) is 8.65. The molecule has 1 aliphatic heterocycles. The van der Waals surface area contributed by atoms with Crippen molar-refractivity contribution in [2.24, 2.45) is 0 Å². The summed E-state index contributed by atoms with van der Waals surface area (Å²) in [4.78, 5) is 33.3. The average molecular weight is 486 g/mol. The van der Waals surface area contributed by atoms with Gasteiger partial charge in [0.15, 0.2) is 0 Å². The smallest absolute Gasteiger partial charge is 0.266 e. The van der Waals surface area contributed by atoms with Gasteiger partial charge in [0.1, 0.15) is 5.82 Å². The lowest BCUT2D eigenvalue weighted by molar-refractivity contribution is -0.112. The molecule has 5 rings (SSSR count). The monoisotopic (exact) mass is 485 g/mol. The molecule has 0 saturated carbocycles. The average Bonchev–Trinajstić information content (AvgIpc) is 3.05. The quantitative estimate of drug-likeness (QED) is 0.366. The number of rotatable bonds is 3. The summed E-state index contributed by atoms with van der Waals surface area (Å²) in [6, 6.07) is 20.8. The SMILES string of the molecule is CCN1C(=O)C(=Cc2nc3ccccc3c(=O)n2-c2ccc(C)cc2)c2cc(Br)ccc21. The normalized spacial score (nSPS) is 14.4. The van der Waals surface area contributed by atoms with E-state index in [1.165, 1.54) is 0 Å². The number of carbonyl (C=O) groups excluding carboxylic acids is 1. The lowest BCUT2D eigenvalue weighted by atomic mass is 10.1. The van der Waals surface area contributed by atoms with Crippen LogP contribution in [0.1, 0.15) is 23.9 Å². The summed E-state index contributed by atoms with van der Waals surface area (Å²) in [5.74, 6) is 0.322.